The van der Waals surface area contributed by atoms with Crippen molar-refractivity contribution in [1.82, 2.24) is 10.6 Å². The fourth-order valence-corrected chi connectivity index (χ4v) is 2.72. The quantitative estimate of drug-likeness (QED) is 0.638. The fourth-order valence-electron chi connectivity index (χ4n) is 2.46. The van der Waals surface area contributed by atoms with Crippen LogP contribution in [0.25, 0.3) is 0 Å². The van der Waals surface area contributed by atoms with E-state index < -0.39 is 12.1 Å². The number of rotatable bonds is 7. The molecule has 2 unspecified atom stereocenters. The van der Waals surface area contributed by atoms with E-state index in [2.05, 4.69) is 26.6 Å². The Kier molecular flexibility index (Phi) is 7.29. The second-order valence-electron chi connectivity index (χ2n) is 5.80. The highest BCUT2D eigenvalue weighted by Crippen LogP contribution is 2.27. The number of urea groups is 1. The first-order valence-electron chi connectivity index (χ1n) is 8.13. The van der Waals surface area contributed by atoms with Crippen LogP contribution in [0.5, 0.6) is 11.5 Å². The first-order valence-corrected chi connectivity index (χ1v) is 8.92. The number of carbonyl (C=O) groups is 1. The third-order valence-corrected chi connectivity index (χ3v) is 4.47. The number of methoxy groups -OCH3 is 2. The van der Waals surface area contributed by atoms with Crippen molar-refractivity contribution in [3.8, 4) is 11.5 Å². The summed E-state index contributed by atoms with van der Waals surface area (Å²) in [6.07, 6.45) is -0.796. The molecule has 2 atom stereocenters. The summed E-state index contributed by atoms with van der Waals surface area (Å²) in [5, 5.41) is 15.9. The highest BCUT2D eigenvalue weighted by molar-refractivity contribution is 9.10. The van der Waals surface area contributed by atoms with Crippen molar-refractivity contribution < 1.29 is 19.4 Å². The average molecular weight is 423 g/mol. The minimum atomic E-state index is -0.796. The van der Waals surface area contributed by atoms with Gasteiger partial charge in [-0.3, -0.25) is 0 Å². The van der Waals surface area contributed by atoms with Crippen LogP contribution in [0.1, 0.15) is 24.2 Å². The van der Waals surface area contributed by atoms with Crippen LogP contribution in [0, 0.1) is 0 Å². The molecule has 26 heavy (non-hydrogen) atoms. The average Bonchev–Trinajstić information content (AvgIpc) is 2.66. The molecular weight excluding hydrogens is 400 g/mol. The van der Waals surface area contributed by atoms with Gasteiger partial charge in [-0.1, -0.05) is 34.1 Å². The molecule has 0 aromatic heterocycles. The topological polar surface area (TPSA) is 79.8 Å². The molecule has 0 aliphatic carbocycles. The zero-order chi connectivity index (χ0) is 19.1. The molecule has 0 bridgehead atoms. The number of ether oxygens (including phenoxy) is 2. The van der Waals surface area contributed by atoms with Crippen LogP contribution in [0.3, 0.4) is 0 Å². The number of benzene rings is 2. The normalized spacial score (nSPS) is 12.8. The van der Waals surface area contributed by atoms with Crippen LogP contribution in [-0.2, 0) is 6.54 Å². The van der Waals surface area contributed by atoms with E-state index in [1.807, 2.05) is 30.3 Å². The lowest BCUT2D eigenvalue weighted by molar-refractivity contribution is 0.137. The molecule has 0 saturated heterocycles. The highest BCUT2D eigenvalue weighted by atomic mass is 79.9. The second-order valence-corrected chi connectivity index (χ2v) is 6.72. The van der Waals surface area contributed by atoms with E-state index in [1.165, 1.54) is 0 Å². The van der Waals surface area contributed by atoms with Crippen LogP contribution < -0.4 is 20.1 Å². The maximum atomic E-state index is 12.1. The lowest BCUT2D eigenvalue weighted by Gasteiger charge is -2.21. The molecule has 6 nitrogen and oxygen atoms in total. The van der Waals surface area contributed by atoms with E-state index >= 15 is 0 Å². The summed E-state index contributed by atoms with van der Waals surface area (Å²) in [7, 11) is 3.13. The Balaban J connectivity index is 1.89. The van der Waals surface area contributed by atoms with Gasteiger partial charge in [0.2, 0.25) is 0 Å². The minimum Gasteiger partial charge on any atom is -0.493 e. The summed E-state index contributed by atoms with van der Waals surface area (Å²) in [6, 6.07) is 12.0. The van der Waals surface area contributed by atoms with E-state index in [4.69, 9.17) is 9.47 Å². The Morgan fingerprint density at radius 3 is 2.38 bits per heavy atom. The molecule has 2 rings (SSSR count). The molecule has 7 heteroatoms. The Morgan fingerprint density at radius 2 is 1.77 bits per heavy atom. The van der Waals surface area contributed by atoms with Gasteiger partial charge in [-0.05, 0) is 42.3 Å². The van der Waals surface area contributed by atoms with Gasteiger partial charge in [0.15, 0.2) is 11.5 Å². The SMILES string of the molecule is COc1ccc(CNC(=O)NC(C)C(O)c2ccc(Br)cc2)cc1OC. The molecule has 0 radical (unpaired) electrons. The van der Waals surface area contributed by atoms with E-state index in [0.717, 1.165) is 15.6 Å². The van der Waals surface area contributed by atoms with Crippen molar-refractivity contribution in [2.45, 2.75) is 25.6 Å². The maximum Gasteiger partial charge on any atom is 0.315 e. The number of amides is 2. The molecule has 2 aromatic carbocycles. The van der Waals surface area contributed by atoms with Gasteiger partial charge >= 0.3 is 6.03 Å². The lowest BCUT2D eigenvalue weighted by Crippen LogP contribution is -2.43. The first-order chi connectivity index (χ1) is 12.4. The predicted octanol–water partition coefficient (Wildman–Crippen LogP) is 3.39. The molecule has 0 aliphatic heterocycles. The smallest absolute Gasteiger partial charge is 0.315 e. The Morgan fingerprint density at radius 1 is 1.12 bits per heavy atom. The number of hydrogen-bond acceptors (Lipinski definition) is 4. The number of aliphatic hydroxyl groups excluding tert-OH is 1. The molecule has 0 spiro atoms. The molecule has 2 amide bonds. The summed E-state index contributed by atoms with van der Waals surface area (Å²) in [6.45, 7) is 2.08. The van der Waals surface area contributed by atoms with Crippen molar-refractivity contribution in [2.75, 3.05) is 14.2 Å². The molecule has 3 N–H and O–H groups in total. The van der Waals surface area contributed by atoms with E-state index in [-0.39, 0.29) is 6.03 Å². The number of halogens is 1. The standard InChI is InChI=1S/C19H23BrN2O4/c1-12(18(23)14-5-7-15(20)8-6-14)22-19(24)21-11-13-4-9-16(25-2)17(10-13)26-3/h4-10,12,18,23H,11H2,1-3H3,(H2,21,22,24). The maximum absolute atomic E-state index is 12.1. The molecule has 140 valence electrons. The van der Waals surface area contributed by atoms with Crippen molar-refractivity contribution in [2.24, 2.45) is 0 Å². The van der Waals surface area contributed by atoms with Gasteiger partial charge in [-0.15, -0.1) is 0 Å². The van der Waals surface area contributed by atoms with Gasteiger partial charge in [0.1, 0.15) is 0 Å². The Hall–Kier alpha value is -2.25. The highest BCUT2D eigenvalue weighted by Gasteiger charge is 2.18. The first kappa shape index (κ1) is 20.1. The third kappa shape index (κ3) is 5.37. The molecular formula is C19H23BrN2O4. The largest absolute Gasteiger partial charge is 0.493 e. The summed E-state index contributed by atoms with van der Waals surface area (Å²) < 4.78 is 11.4. The zero-order valence-corrected chi connectivity index (χ0v) is 16.5. The van der Waals surface area contributed by atoms with Crippen molar-refractivity contribution in [3.05, 3.63) is 58.1 Å². The summed E-state index contributed by atoms with van der Waals surface area (Å²) in [4.78, 5) is 12.1. The van der Waals surface area contributed by atoms with E-state index in [0.29, 0.717) is 18.0 Å². The van der Waals surface area contributed by atoms with Gasteiger partial charge in [0, 0.05) is 11.0 Å². The van der Waals surface area contributed by atoms with Gasteiger partial charge in [-0.25, -0.2) is 4.79 Å². The van der Waals surface area contributed by atoms with E-state index in [1.54, 1.807) is 33.3 Å². The van der Waals surface area contributed by atoms with Crippen LogP contribution in [0.4, 0.5) is 4.79 Å². The number of nitrogens with one attached hydrogen (secondary N) is 2. The van der Waals surface area contributed by atoms with Crippen molar-refractivity contribution >= 4 is 22.0 Å². The fraction of sp³-hybridized carbons (Fsp3) is 0.316. The summed E-state index contributed by atoms with van der Waals surface area (Å²) in [5.74, 6) is 1.23. The molecule has 2 aromatic rings. The van der Waals surface area contributed by atoms with E-state index in [9.17, 15) is 9.90 Å². The zero-order valence-electron chi connectivity index (χ0n) is 15.0. The molecule has 0 aliphatic rings. The lowest BCUT2D eigenvalue weighted by atomic mass is 10.0. The Bertz CT molecular complexity index is 737. The van der Waals surface area contributed by atoms with Gasteiger partial charge in [0.25, 0.3) is 0 Å². The van der Waals surface area contributed by atoms with Crippen molar-refractivity contribution in [3.63, 3.8) is 0 Å². The summed E-state index contributed by atoms with van der Waals surface area (Å²) >= 11 is 3.36. The van der Waals surface area contributed by atoms with Gasteiger partial charge in [0.05, 0.1) is 26.4 Å². The predicted molar refractivity (Wildman–Crippen MR) is 103 cm³/mol. The second kappa shape index (κ2) is 9.45. The van der Waals surface area contributed by atoms with Crippen molar-refractivity contribution in [1.29, 1.82) is 0 Å². The molecule has 0 saturated carbocycles. The monoisotopic (exact) mass is 422 g/mol. The van der Waals surface area contributed by atoms with Gasteiger partial charge in [-0.2, -0.15) is 0 Å². The van der Waals surface area contributed by atoms with Crippen LogP contribution in [-0.4, -0.2) is 31.4 Å². The third-order valence-electron chi connectivity index (χ3n) is 3.94. The van der Waals surface area contributed by atoms with Crippen LogP contribution in [0.15, 0.2) is 46.9 Å². The Labute approximate surface area is 161 Å². The summed E-state index contributed by atoms with van der Waals surface area (Å²) in [5.41, 5.74) is 1.61. The molecule has 0 fully saturated rings. The molecule has 0 heterocycles. The number of aliphatic hydroxyl groups is 1. The van der Waals surface area contributed by atoms with Gasteiger partial charge < -0.3 is 25.2 Å². The van der Waals surface area contributed by atoms with Crippen LogP contribution in [0.2, 0.25) is 0 Å². The number of hydrogen-bond donors (Lipinski definition) is 3. The minimum absolute atomic E-state index is 0.327. The number of carbonyl (C=O) groups excluding carboxylic acids is 1. The van der Waals surface area contributed by atoms with Crippen LogP contribution >= 0.6 is 15.9 Å².